The zero-order valence-corrected chi connectivity index (χ0v) is 24.1. The van der Waals surface area contributed by atoms with Crippen molar-refractivity contribution in [2.45, 2.75) is 55.9 Å². The van der Waals surface area contributed by atoms with Crippen molar-refractivity contribution in [3.05, 3.63) is 46.2 Å². The first-order valence-electron chi connectivity index (χ1n) is 14.0. The van der Waals surface area contributed by atoms with Crippen LogP contribution in [0.1, 0.15) is 43.7 Å². The van der Waals surface area contributed by atoms with Gasteiger partial charge in [0.1, 0.15) is 28.9 Å². The van der Waals surface area contributed by atoms with Crippen molar-refractivity contribution >= 4 is 29.2 Å². The van der Waals surface area contributed by atoms with Crippen molar-refractivity contribution in [3.8, 4) is 5.75 Å². The molecular weight excluding hydrogens is 564 g/mol. The molecule has 14 nitrogen and oxygen atoms in total. The van der Waals surface area contributed by atoms with Gasteiger partial charge in [-0.25, -0.2) is 0 Å². The summed E-state index contributed by atoms with van der Waals surface area (Å²) in [6, 6.07) is 1.83. The maximum Gasteiger partial charge on any atom is 0.320 e. The molecule has 10 N–H and O–H groups in total. The van der Waals surface area contributed by atoms with Crippen LogP contribution in [0.4, 0.5) is 0 Å². The maximum atomic E-state index is 14.1. The number of nitrogens with one attached hydrogen (secondary N) is 2. The number of benzene rings is 1. The van der Waals surface area contributed by atoms with E-state index in [0.29, 0.717) is 19.4 Å². The molecule has 4 rings (SSSR count). The number of nitrogens with zero attached hydrogens (tertiary/aromatic N) is 1. The number of Topliss-reactive ketones (excluding diaryl/α,β-unsaturated/α-hetero) is 2. The number of amides is 1. The number of aromatic hydroxyl groups is 1. The zero-order valence-electron chi connectivity index (χ0n) is 24.1. The summed E-state index contributed by atoms with van der Waals surface area (Å²) in [7, 11) is 2.97. The van der Waals surface area contributed by atoms with E-state index in [4.69, 9.17) is 5.73 Å². The molecule has 6 atom stereocenters. The summed E-state index contributed by atoms with van der Waals surface area (Å²) in [4.78, 5) is 54.0. The van der Waals surface area contributed by atoms with E-state index in [9.17, 15) is 49.8 Å². The number of phenols is 1. The lowest BCUT2D eigenvalue weighted by Gasteiger charge is -2.53. The number of carboxylic acid groups (broad SMARTS) is 1. The van der Waals surface area contributed by atoms with Gasteiger partial charge in [-0.05, 0) is 58.5 Å². The number of likely N-dealkylation sites (N-methyl/N-ethyl adjacent to an activating group) is 1. The number of aliphatic carboxylic acids is 1. The molecule has 1 aromatic carbocycles. The van der Waals surface area contributed by atoms with Crippen molar-refractivity contribution in [3.63, 3.8) is 0 Å². The van der Waals surface area contributed by atoms with E-state index in [0.717, 1.165) is 0 Å². The summed E-state index contributed by atoms with van der Waals surface area (Å²) in [5.41, 5.74) is -0.669. The Morgan fingerprint density at radius 1 is 1.14 bits per heavy atom. The largest absolute Gasteiger partial charge is 0.508 e. The SMILES string of the molecule is CN(C)C1C(=O)C(C(=O)NCNC(CCCCN)C(=O)O)=C(O)[C@@]2(O)C(=O)C3=C(O)c4c(O)cccc4[C@@](C)(O)C3C[C@@H]12. The van der Waals surface area contributed by atoms with E-state index in [2.05, 4.69) is 10.6 Å². The molecule has 3 unspecified atom stereocenters. The Balaban J connectivity index is 1.75. The molecule has 3 aliphatic carbocycles. The Morgan fingerprint density at radius 2 is 1.81 bits per heavy atom. The molecule has 0 bridgehead atoms. The monoisotopic (exact) mass is 602 g/mol. The number of rotatable bonds is 10. The average Bonchev–Trinajstić information content (AvgIpc) is 2.92. The second-order valence-electron chi connectivity index (χ2n) is 11.7. The van der Waals surface area contributed by atoms with Crippen LogP contribution in [0.2, 0.25) is 0 Å². The van der Waals surface area contributed by atoms with Crippen LogP contribution in [0.3, 0.4) is 0 Å². The van der Waals surface area contributed by atoms with Crippen molar-refractivity contribution in [2.75, 3.05) is 27.3 Å². The van der Waals surface area contributed by atoms with Gasteiger partial charge in [0.05, 0.1) is 23.9 Å². The standard InChI is InChI=1S/C29H38N4O10/c1-28(42)13-7-6-9-17(34)18(13)22(35)19-14(28)11-15-21(33(2)3)23(36)20(25(38)29(15,43)24(19)37)26(39)32-12-31-16(27(40)41)8-4-5-10-30/h6-7,9,14-16,21,31,34-35,38,42-43H,4-5,8,10-12,30H2,1-3H3,(H,32,39)(H,40,41)/t14?,15-,16?,21?,28+,29-/m0/s1. The number of carbonyl (C=O) groups is 4. The van der Waals surface area contributed by atoms with Crippen LogP contribution in [0.15, 0.2) is 35.1 Å². The first-order chi connectivity index (χ1) is 20.1. The van der Waals surface area contributed by atoms with E-state index >= 15 is 0 Å². The lowest BCUT2D eigenvalue weighted by Crippen LogP contribution is -2.67. The highest BCUT2D eigenvalue weighted by Gasteiger charge is 2.66. The normalized spacial score (nSPS) is 29.2. The summed E-state index contributed by atoms with van der Waals surface area (Å²) < 4.78 is 0. The molecule has 1 aromatic rings. The predicted molar refractivity (Wildman–Crippen MR) is 151 cm³/mol. The summed E-state index contributed by atoms with van der Waals surface area (Å²) >= 11 is 0. The van der Waals surface area contributed by atoms with E-state index in [-0.39, 0.29) is 24.0 Å². The number of hydrogen-bond donors (Lipinski definition) is 9. The number of ketones is 2. The van der Waals surface area contributed by atoms with E-state index in [1.54, 1.807) is 0 Å². The highest BCUT2D eigenvalue weighted by Crippen LogP contribution is 2.57. The fraction of sp³-hybridized carbons (Fsp3) is 0.517. The highest BCUT2D eigenvalue weighted by molar-refractivity contribution is 6.25. The van der Waals surface area contributed by atoms with Crippen molar-refractivity contribution in [1.82, 2.24) is 15.5 Å². The molecule has 14 heteroatoms. The van der Waals surface area contributed by atoms with Crippen molar-refractivity contribution < 1.29 is 49.8 Å². The van der Waals surface area contributed by atoms with E-state index < -0.39 is 93.6 Å². The Kier molecular flexibility index (Phi) is 8.73. The van der Waals surface area contributed by atoms with Crippen LogP contribution in [-0.2, 0) is 24.8 Å². The number of carbonyl (C=O) groups excluding carboxylic acids is 3. The quantitative estimate of drug-likeness (QED) is 0.0923. The molecule has 0 spiro atoms. The first kappa shape index (κ1) is 32.1. The maximum absolute atomic E-state index is 14.1. The van der Waals surface area contributed by atoms with Gasteiger partial charge in [0.25, 0.3) is 5.91 Å². The fourth-order valence-electron chi connectivity index (χ4n) is 6.63. The molecule has 1 saturated carbocycles. The van der Waals surface area contributed by atoms with Gasteiger partial charge >= 0.3 is 5.97 Å². The molecule has 1 fully saturated rings. The van der Waals surface area contributed by atoms with Crippen LogP contribution in [0.25, 0.3) is 5.76 Å². The molecular formula is C29H38N4O10. The minimum Gasteiger partial charge on any atom is -0.508 e. The third kappa shape index (κ3) is 5.08. The summed E-state index contributed by atoms with van der Waals surface area (Å²) in [5, 5.41) is 70.9. The van der Waals surface area contributed by atoms with Gasteiger partial charge in [0.15, 0.2) is 11.4 Å². The van der Waals surface area contributed by atoms with Gasteiger partial charge in [-0.15, -0.1) is 0 Å². The van der Waals surface area contributed by atoms with Crippen LogP contribution >= 0.6 is 0 Å². The van der Waals surface area contributed by atoms with E-state index in [1.807, 2.05) is 0 Å². The minimum absolute atomic E-state index is 0.135. The Morgan fingerprint density at radius 3 is 2.42 bits per heavy atom. The fourth-order valence-corrected chi connectivity index (χ4v) is 6.63. The third-order valence-corrected chi connectivity index (χ3v) is 8.84. The number of carboxylic acids is 1. The second-order valence-corrected chi connectivity index (χ2v) is 11.7. The average molecular weight is 603 g/mol. The Hall–Kier alpha value is -3.82. The molecule has 1 amide bonds. The number of phenolic OH excluding ortho intramolecular Hbond substituents is 1. The van der Waals surface area contributed by atoms with Gasteiger partial charge in [-0.1, -0.05) is 18.6 Å². The summed E-state index contributed by atoms with van der Waals surface area (Å²) in [6.45, 7) is 1.35. The number of nitrogens with two attached hydrogens (primary N) is 1. The van der Waals surface area contributed by atoms with Gasteiger partial charge in [0, 0.05) is 17.4 Å². The van der Waals surface area contributed by atoms with Crippen LogP contribution < -0.4 is 16.4 Å². The number of unbranched alkanes of at least 4 members (excludes halogenated alkanes) is 1. The molecule has 0 saturated heterocycles. The highest BCUT2D eigenvalue weighted by atomic mass is 16.4. The van der Waals surface area contributed by atoms with Crippen molar-refractivity contribution in [2.24, 2.45) is 17.6 Å². The lowest BCUT2D eigenvalue weighted by molar-refractivity contribution is -0.159. The molecule has 0 aliphatic heterocycles. The van der Waals surface area contributed by atoms with E-state index in [1.165, 1.54) is 44.1 Å². The van der Waals surface area contributed by atoms with Crippen LogP contribution in [0.5, 0.6) is 5.75 Å². The Bertz CT molecular complexity index is 1420. The predicted octanol–water partition coefficient (Wildman–Crippen LogP) is -0.611. The smallest absolute Gasteiger partial charge is 0.320 e. The molecule has 0 radical (unpaired) electrons. The lowest BCUT2D eigenvalue weighted by atomic mass is 9.54. The molecule has 43 heavy (non-hydrogen) atoms. The molecule has 3 aliphatic rings. The summed E-state index contributed by atoms with van der Waals surface area (Å²) in [5.74, 6) is -9.29. The van der Waals surface area contributed by atoms with Crippen molar-refractivity contribution in [1.29, 1.82) is 0 Å². The molecule has 234 valence electrons. The van der Waals surface area contributed by atoms with Crippen LogP contribution in [0, 0.1) is 11.8 Å². The summed E-state index contributed by atoms with van der Waals surface area (Å²) in [6.07, 6.45) is 1.07. The third-order valence-electron chi connectivity index (χ3n) is 8.84. The number of hydrogen-bond acceptors (Lipinski definition) is 12. The molecule has 0 heterocycles. The number of aliphatic hydroxyl groups is 4. The van der Waals surface area contributed by atoms with Crippen LogP contribution in [-0.4, -0.2) is 104 Å². The number of aliphatic hydroxyl groups excluding tert-OH is 2. The Labute approximate surface area is 247 Å². The van der Waals surface area contributed by atoms with Gasteiger partial charge in [-0.2, -0.15) is 0 Å². The second kappa shape index (κ2) is 11.7. The number of fused-ring (bicyclic) bond motifs is 3. The van der Waals surface area contributed by atoms with Gasteiger partial charge in [0.2, 0.25) is 5.78 Å². The van der Waals surface area contributed by atoms with Gasteiger partial charge < -0.3 is 41.7 Å². The minimum atomic E-state index is -2.85. The topological polar surface area (TPSA) is 243 Å². The zero-order chi connectivity index (χ0) is 32.0. The van der Waals surface area contributed by atoms with Gasteiger partial charge in [-0.3, -0.25) is 29.4 Å². The first-order valence-corrected chi connectivity index (χ1v) is 14.0. The molecule has 0 aromatic heterocycles.